The van der Waals surface area contributed by atoms with Gasteiger partial charge < -0.3 is 14.6 Å². The normalized spacial score (nSPS) is 17.8. The number of amides is 1. The van der Waals surface area contributed by atoms with Gasteiger partial charge in [-0.15, -0.1) is 0 Å². The van der Waals surface area contributed by atoms with E-state index in [2.05, 4.69) is 19.9 Å². The third-order valence-electron chi connectivity index (χ3n) is 5.61. The summed E-state index contributed by atoms with van der Waals surface area (Å²) in [7, 11) is 0. The Morgan fingerprint density at radius 2 is 2.15 bits per heavy atom. The number of fused-ring (bicyclic) bond motifs is 1. The molecule has 5 rings (SSSR count). The third kappa shape index (κ3) is 3.99. The van der Waals surface area contributed by atoms with Crippen LogP contribution in [0, 0.1) is 11.3 Å². The first-order valence-corrected chi connectivity index (χ1v) is 10.4. The van der Waals surface area contributed by atoms with Gasteiger partial charge in [-0.3, -0.25) is 9.78 Å². The molecule has 1 N–H and O–H groups in total. The minimum absolute atomic E-state index is 0.0397. The smallest absolute Gasteiger partial charge is 0.220 e. The first kappa shape index (κ1) is 20.6. The average molecular weight is 442 g/mol. The van der Waals surface area contributed by atoms with Crippen LogP contribution in [0.1, 0.15) is 30.6 Å². The fourth-order valence-corrected chi connectivity index (χ4v) is 4.09. The van der Waals surface area contributed by atoms with E-state index < -0.39 is 12.2 Å². The van der Waals surface area contributed by atoms with Gasteiger partial charge in [0.1, 0.15) is 35.1 Å². The van der Waals surface area contributed by atoms with E-state index in [1.165, 1.54) is 18.0 Å². The van der Waals surface area contributed by atoms with Gasteiger partial charge in [-0.05, 0) is 30.3 Å². The van der Waals surface area contributed by atoms with Crippen molar-refractivity contribution >= 4 is 16.9 Å². The highest BCUT2D eigenvalue weighted by molar-refractivity contribution is 5.82. The largest absolute Gasteiger partial charge is 0.455 e. The number of hydrogen-bond donors (Lipinski definition) is 1. The highest BCUT2D eigenvalue weighted by Gasteiger charge is 2.37. The molecule has 4 heterocycles. The van der Waals surface area contributed by atoms with E-state index in [0.717, 1.165) is 5.52 Å². The van der Waals surface area contributed by atoms with Gasteiger partial charge in [-0.2, -0.15) is 5.26 Å². The van der Waals surface area contributed by atoms with E-state index in [1.807, 2.05) is 30.3 Å². The lowest BCUT2D eigenvalue weighted by Crippen LogP contribution is -2.29. The summed E-state index contributed by atoms with van der Waals surface area (Å²) in [5, 5.41) is 8.98. The molecule has 1 aliphatic rings. The zero-order valence-corrected chi connectivity index (χ0v) is 17.7. The maximum absolute atomic E-state index is 14.3. The van der Waals surface area contributed by atoms with E-state index in [-0.39, 0.29) is 24.6 Å². The minimum atomic E-state index is -1.12. The molecular formula is C24H19FN6O2. The second kappa shape index (κ2) is 8.31. The van der Waals surface area contributed by atoms with Crippen molar-refractivity contribution in [3.05, 3.63) is 66.1 Å². The molecule has 1 aliphatic heterocycles. The van der Waals surface area contributed by atoms with Crippen molar-refractivity contribution in [2.75, 3.05) is 6.54 Å². The van der Waals surface area contributed by atoms with Crippen molar-refractivity contribution < 1.29 is 13.9 Å². The number of carbonyl (C=O) groups is 1. The predicted octanol–water partition coefficient (Wildman–Crippen LogP) is 4.32. The number of alkyl halides is 1. The number of benzene rings is 1. The van der Waals surface area contributed by atoms with E-state index in [1.54, 1.807) is 24.4 Å². The summed E-state index contributed by atoms with van der Waals surface area (Å²) in [5.41, 5.74) is 2.98. The first-order chi connectivity index (χ1) is 16.0. The summed E-state index contributed by atoms with van der Waals surface area (Å²) in [6.07, 6.45) is 2.19. The van der Waals surface area contributed by atoms with Crippen LogP contribution in [0.2, 0.25) is 0 Å². The Morgan fingerprint density at radius 1 is 1.27 bits per heavy atom. The quantitative estimate of drug-likeness (QED) is 0.504. The van der Waals surface area contributed by atoms with Gasteiger partial charge in [-0.25, -0.2) is 14.4 Å². The summed E-state index contributed by atoms with van der Waals surface area (Å²) in [5.74, 6) is 1.25. The van der Waals surface area contributed by atoms with Crippen LogP contribution in [-0.2, 0) is 4.79 Å². The Kier molecular flexibility index (Phi) is 5.18. The minimum Gasteiger partial charge on any atom is -0.455 e. The standard InChI is InChI=1S/C24H19FN6O2/c1-14(32)31-13-15(25)8-22(31)18-9-20-21(30-24(29-20)19-4-2-3-7-27-19)10-23(18)33-17-6-5-16(11-26)28-12-17/h2-7,9-10,12,15,22H,8,13H2,1H3,(H,29,30)/t15-,22-/m1/s1. The molecule has 0 saturated carbocycles. The molecule has 0 spiro atoms. The highest BCUT2D eigenvalue weighted by atomic mass is 19.1. The zero-order chi connectivity index (χ0) is 22.9. The van der Waals surface area contributed by atoms with Crippen molar-refractivity contribution in [3.8, 4) is 29.1 Å². The number of rotatable bonds is 4. The number of halogens is 1. The molecule has 2 atom stereocenters. The summed E-state index contributed by atoms with van der Waals surface area (Å²) in [4.78, 5) is 30.0. The van der Waals surface area contributed by atoms with Crippen LogP contribution in [0.5, 0.6) is 11.5 Å². The lowest BCUT2D eigenvalue weighted by molar-refractivity contribution is -0.129. The molecule has 0 aliphatic carbocycles. The van der Waals surface area contributed by atoms with Crippen LogP contribution in [0.25, 0.3) is 22.6 Å². The molecule has 0 unspecified atom stereocenters. The Labute approximate surface area is 188 Å². The van der Waals surface area contributed by atoms with Gasteiger partial charge in [0.2, 0.25) is 5.91 Å². The average Bonchev–Trinajstić information content (AvgIpc) is 3.43. The van der Waals surface area contributed by atoms with E-state index in [4.69, 9.17) is 10.00 Å². The monoisotopic (exact) mass is 442 g/mol. The van der Waals surface area contributed by atoms with Gasteiger partial charge in [0.15, 0.2) is 5.82 Å². The molecule has 1 amide bonds. The van der Waals surface area contributed by atoms with E-state index >= 15 is 0 Å². The lowest BCUT2D eigenvalue weighted by atomic mass is 10.0. The Bertz CT molecular complexity index is 1360. The van der Waals surface area contributed by atoms with Gasteiger partial charge in [-0.1, -0.05) is 6.07 Å². The molecule has 4 aromatic rings. The topological polar surface area (TPSA) is 108 Å². The van der Waals surface area contributed by atoms with Crippen molar-refractivity contribution in [2.45, 2.75) is 25.6 Å². The van der Waals surface area contributed by atoms with Crippen LogP contribution in [0.4, 0.5) is 4.39 Å². The van der Waals surface area contributed by atoms with Crippen LogP contribution in [-0.4, -0.2) is 43.5 Å². The number of H-pyrrole nitrogens is 1. The summed E-state index contributed by atoms with van der Waals surface area (Å²) in [6.45, 7) is 1.47. The molecule has 1 fully saturated rings. The Morgan fingerprint density at radius 3 is 2.85 bits per heavy atom. The maximum atomic E-state index is 14.3. The van der Waals surface area contributed by atoms with Gasteiger partial charge in [0.25, 0.3) is 0 Å². The Balaban J connectivity index is 1.62. The fraction of sp³-hybridized carbons (Fsp3) is 0.208. The predicted molar refractivity (Wildman–Crippen MR) is 118 cm³/mol. The molecular weight excluding hydrogens is 423 g/mol. The number of hydrogen-bond acceptors (Lipinski definition) is 6. The summed E-state index contributed by atoms with van der Waals surface area (Å²) in [6, 6.07) is 13.8. The molecule has 1 saturated heterocycles. The lowest BCUT2D eigenvalue weighted by Gasteiger charge is -2.25. The molecule has 164 valence electrons. The fourth-order valence-electron chi connectivity index (χ4n) is 4.09. The summed E-state index contributed by atoms with van der Waals surface area (Å²) >= 11 is 0. The number of nitriles is 1. The number of aromatic amines is 1. The van der Waals surface area contributed by atoms with Crippen molar-refractivity contribution in [3.63, 3.8) is 0 Å². The number of imidazole rings is 1. The van der Waals surface area contributed by atoms with Gasteiger partial charge in [0.05, 0.1) is 29.8 Å². The van der Waals surface area contributed by atoms with Crippen molar-refractivity contribution in [1.29, 1.82) is 5.26 Å². The number of pyridine rings is 2. The van der Waals surface area contributed by atoms with E-state index in [0.29, 0.717) is 34.1 Å². The maximum Gasteiger partial charge on any atom is 0.220 e. The van der Waals surface area contributed by atoms with Gasteiger partial charge in [0, 0.05) is 31.2 Å². The van der Waals surface area contributed by atoms with Crippen LogP contribution < -0.4 is 4.74 Å². The molecule has 3 aromatic heterocycles. The molecule has 0 radical (unpaired) electrons. The van der Waals surface area contributed by atoms with Crippen LogP contribution >= 0.6 is 0 Å². The third-order valence-corrected chi connectivity index (χ3v) is 5.61. The zero-order valence-electron chi connectivity index (χ0n) is 17.7. The number of nitrogens with one attached hydrogen (secondary N) is 1. The van der Waals surface area contributed by atoms with Crippen molar-refractivity contribution in [2.24, 2.45) is 0 Å². The number of likely N-dealkylation sites (tertiary alicyclic amines) is 1. The van der Waals surface area contributed by atoms with Crippen molar-refractivity contribution in [1.82, 2.24) is 24.8 Å². The highest BCUT2D eigenvalue weighted by Crippen LogP contribution is 2.41. The second-order valence-electron chi connectivity index (χ2n) is 7.82. The Hall–Kier alpha value is -4.32. The molecule has 9 heteroatoms. The number of carbonyl (C=O) groups excluding carboxylic acids is 1. The molecule has 1 aromatic carbocycles. The van der Waals surface area contributed by atoms with Crippen LogP contribution in [0.3, 0.4) is 0 Å². The van der Waals surface area contributed by atoms with Crippen LogP contribution in [0.15, 0.2) is 54.9 Å². The second-order valence-corrected chi connectivity index (χ2v) is 7.82. The number of nitrogens with zero attached hydrogens (tertiary/aromatic N) is 5. The van der Waals surface area contributed by atoms with E-state index in [9.17, 15) is 9.18 Å². The molecule has 0 bridgehead atoms. The number of aromatic nitrogens is 4. The summed E-state index contributed by atoms with van der Waals surface area (Å²) < 4.78 is 20.5. The number of ether oxygens (including phenoxy) is 1. The molecule has 8 nitrogen and oxygen atoms in total. The SMILES string of the molecule is CC(=O)N1C[C@H](F)C[C@@H]1c1cc2[nH]c(-c3ccccn3)nc2cc1Oc1ccc(C#N)nc1. The van der Waals surface area contributed by atoms with Gasteiger partial charge >= 0.3 is 0 Å². The first-order valence-electron chi connectivity index (χ1n) is 10.4. The molecule has 33 heavy (non-hydrogen) atoms.